The Morgan fingerprint density at radius 1 is 1.32 bits per heavy atom. The number of hydrogen-bond acceptors (Lipinski definition) is 5. The average molecular weight is 263 g/mol. The Labute approximate surface area is 115 Å². The molecule has 19 heavy (non-hydrogen) atoms. The molecule has 0 bridgehead atoms. The third-order valence-corrected chi connectivity index (χ3v) is 3.80. The van der Waals surface area contributed by atoms with Crippen molar-refractivity contribution >= 4 is 11.8 Å². The summed E-state index contributed by atoms with van der Waals surface area (Å²) in [6, 6.07) is 2.00. The fraction of sp³-hybridized carbons (Fsp3) is 0.714. The minimum Gasteiger partial charge on any atom is -0.370 e. The Morgan fingerprint density at radius 3 is 2.68 bits per heavy atom. The van der Waals surface area contributed by atoms with Crippen LogP contribution in [0.5, 0.6) is 0 Å². The third-order valence-electron chi connectivity index (χ3n) is 3.80. The molecule has 1 aliphatic rings. The van der Waals surface area contributed by atoms with Crippen LogP contribution >= 0.6 is 0 Å². The molecule has 1 fully saturated rings. The van der Waals surface area contributed by atoms with Crippen molar-refractivity contribution < 1.29 is 0 Å². The van der Waals surface area contributed by atoms with E-state index in [9.17, 15) is 0 Å². The number of nitrogens with one attached hydrogen (secondary N) is 2. The summed E-state index contributed by atoms with van der Waals surface area (Å²) in [5.74, 6) is 2.37. The van der Waals surface area contributed by atoms with Crippen LogP contribution in [-0.4, -0.2) is 48.1 Å². The minimum absolute atomic E-state index is 0.684. The molecular formula is C14H25N5. The van der Waals surface area contributed by atoms with E-state index in [0.717, 1.165) is 24.0 Å². The van der Waals surface area contributed by atoms with Gasteiger partial charge in [-0.1, -0.05) is 6.92 Å². The molecule has 2 rings (SSSR count). The largest absolute Gasteiger partial charge is 0.370 e. The van der Waals surface area contributed by atoms with Crippen molar-refractivity contribution in [2.45, 2.75) is 26.7 Å². The second kappa shape index (κ2) is 6.70. The summed E-state index contributed by atoms with van der Waals surface area (Å²) in [5, 5.41) is 6.44. The van der Waals surface area contributed by atoms with Crippen LogP contribution in [0.15, 0.2) is 6.07 Å². The zero-order chi connectivity index (χ0) is 13.7. The molecule has 5 nitrogen and oxygen atoms in total. The fourth-order valence-corrected chi connectivity index (χ4v) is 2.53. The third kappa shape index (κ3) is 4.06. The van der Waals surface area contributed by atoms with Crippen LogP contribution in [0.1, 0.15) is 25.5 Å². The molecule has 106 valence electrons. The van der Waals surface area contributed by atoms with Gasteiger partial charge in [-0.2, -0.15) is 4.98 Å². The van der Waals surface area contributed by atoms with Crippen LogP contribution < -0.4 is 10.6 Å². The first kappa shape index (κ1) is 14.1. The molecule has 0 aliphatic carbocycles. The highest BCUT2D eigenvalue weighted by Crippen LogP contribution is 2.18. The fourth-order valence-electron chi connectivity index (χ4n) is 2.53. The topological polar surface area (TPSA) is 53.1 Å². The van der Waals surface area contributed by atoms with Crippen LogP contribution in [0, 0.1) is 12.8 Å². The first-order valence-corrected chi connectivity index (χ1v) is 7.21. The highest BCUT2D eigenvalue weighted by Gasteiger charge is 2.17. The molecule has 0 atom stereocenters. The normalized spacial score (nSPS) is 17.4. The van der Waals surface area contributed by atoms with Gasteiger partial charge in [0, 0.05) is 25.4 Å². The number of likely N-dealkylation sites (tertiary alicyclic amines) is 1. The van der Waals surface area contributed by atoms with E-state index in [4.69, 9.17) is 0 Å². The standard InChI is InChI=1S/C14H25N5/c1-4-19-7-5-12(6-8-19)10-16-13-9-11(2)17-14(15-3)18-13/h9,12H,4-8,10H2,1-3H3,(H2,15,16,17,18). The second-order valence-electron chi connectivity index (χ2n) is 5.23. The van der Waals surface area contributed by atoms with E-state index in [1.807, 2.05) is 20.0 Å². The van der Waals surface area contributed by atoms with Crippen LogP contribution in [-0.2, 0) is 0 Å². The molecular weight excluding hydrogens is 238 g/mol. The Bertz CT molecular complexity index is 399. The molecule has 0 spiro atoms. The lowest BCUT2D eigenvalue weighted by molar-refractivity contribution is 0.198. The van der Waals surface area contributed by atoms with Gasteiger partial charge >= 0.3 is 0 Å². The molecule has 2 heterocycles. The molecule has 1 saturated heterocycles. The minimum atomic E-state index is 0.684. The van der Waals surface area contributed by atoms with Crippen LogP contribution in [0.4, 0.5) is 11.8 Å². The van der Waals surface area contributed by atoms with E-state index in [-0.39, 0.29) is 0 Å². The van der Waals surface area contributed by atoms with Crippen molar-refractivity contribution in [2.24, 2.45) is 5.92 Å². The molecule has 5 heteroatoms. The van der Waals surface area contributed by atoms with Crippen molar-refractivity contribution in [3.05, 3.63) is 11.8 Å². The number of hydrogen-bond donors (Lipinski definition) is 2. The number of aromatic nitrogens is 2. The lowest BCUT2D eigenvalue weighted by Crippen LogP contribution is -2.35. The van der Waals surface area contributed by atoms with E-state index < -0.39 is 0 Å². The first-order chi connectivity index (χ1) is 9.21. The van der Waals surface area contributed by atoms with Crippen molar-refractivity contribution in [1.82, 2.24) is 14.9 Å². The Morgan fingerprint density at radius 2 is 2.05 bits per heavy atom. The maximum absolute atomic E-state index is 4.42. The van der Waals surface area contributed by atoms with Crippen molar-refractivity contribution in [3.8, 4) is 0 Å². The maximum Gasteiger partial charge on any atom is 0.224 e. The molecule has 0 aromatic carbocycles. The van der Waals surface area contributed by atoms with E-state index >= 15 is 0 Å². The van der Waals surface area contributed by atoms with E-state index in [0.29, 0.717) is 5.95 Å². The van der Waals surface area contributed by atoms with Gasteiger partial charge in [0.25, 0.3) is 0 Å². The second-order valence-corrected chi connectivity index (χ2v) is 5.23. The zero-order valence-electron chi connectivity index (χ0n) is 12.2. The predicted octanol–water partition coefficient (Wildman–Crippen LogP) is 1.97. The molecule has 0 amide bonds. The highest BCUT2D eigenvalue weighted by atomic mass is 15.1. The lowest BCUT2D eigenvalue weighted by atomic mass is 9.97. The molecule has 0 radical (unpaired) electrons. The van der Waals surface area contributed by atoms with Crippen molar-refractivity contribution in [1.29, 1.82) is 0 Å². The van der Waals surface area contributed by atoms with Gasteiger partial charge in [-0.15, -0.1) is 0 Å². The van der Waals surface area contributed by atoms with Crippen molar-refractivity contribution in [2.75, 3.05) is 43.9 Å². The highest BCUT2D eigenvalue weighted by molar-refractivity contribution is 5.41. The van der Waals surface area contributed by atoms with Gasteiger partial charge in [-0.05, 0) is 45.3 Å². The van der Waals surface area contributed by atoms with E-state index in [1.54, 1.807) is 0 Å². The Hall–Kier alpha value is -1.36. The molecule has 1 aromatic rings. The van der Waals surface area contributed by atoms with Crippen LogP contribution in [0.3, 0.4) is 0 Å². The number of aryl methyl sites for hydroxylation is 1. The van der Waals surface area contributed by atoms with Crippen LogP contribution in [0.2, 0.25) is 0 Å². The molecule has 0 saturated carbocycles. The number of nitrogens with zero attached hydrogens (tertiary/aromatic N) is 3. The molecule has 0 unspecified atom stereocenters. The van der Waals surface area contributed by atoms with E-state index in [2.05, 4.69) is 32.4 Å². The van der Waals surface area contributed by atoms with Gasteiger partial charge in [-0.25, -0.2) is 4.98 Å². The number of anilines is 2. The summed E-state index contributed by atoms with van der Waals surface area (Å²) in [4.78, 5) is 11.2. The molecule has 1 aromatic heterocycles. The summed E-state index contributed by atoms with van der Waals surface area (Å²) in [6.07, 6.45) is 2.56. The van der Waals surface area contributed by atoms with Gasteiger partial charge in [0.2, 0.25) is 5.95 Å². The number of piperidine rings is 1. The van der Waals surface area contributed by atoms with Gasteiger partial charge in [0.1, 0.15) is 5.82 Å². The van der Waals surface area contributed by atoms with E-state index in [1.165, 1.54) is 32.5 Å². The molecule has 2 N–H and O–H groups in total. The Kier molecular flexibility index (Phi) is 4.96. The smallest absolute Gasteiger partial charge is 0.224 e. The Balaban J connectivity index is 1.84. The summed E-state index contributed by atoms with van der Waals surface area (Å²) in [7, 11) is 1.85. The van der Waals surface area contributed by atoms with Crippen LogP contribution in [0.25, 0.3) is 0 Å². The summed E-state index contributed by atoms with van der Waals surface area (Å²) < 4.78 is 0. The SMILES string of the molecule is CCN1CCC(CNc2cc(C)nc(NC)n2)CC1. The summed E-state index contributed by atoms with van der Waals surface area (Å²) >= 11 is 0. The zero-order valence-corrected chi connectivity index (χ0v) is 12.2. The average Bonchev–Trinajstić information content (AvgIpc) is 2.45. The van der Waals surface area contributed by atoms with Gasteiger partial charge in [0.05, 0.1) is 0 Å². The summed E-state index contributed by atoms with van der Waals surface area (Å²) in [6.45, 7) is 8.88. The maximum atomic E-state index is 4.42. The monoisotopic (exact) mass is 263 g/mol. The van der Waals surface area contributed by atoms with Gasteiger partial charge in [-0.3, -0.25) is 0 Å². The quantitative estimate of drug-likeness (QED) is 0.850. The number of rotatable bonds is 5. The first-order valence-electron chi connectivity index (χ1n) is 7.21. The van der Waals surface area contributed by atoms with Gasteiger partial charge < -0.3 is 15.5 Å². The lowest BCUT2D eigenvalue weighted by Gasteiger charge is -2.31. The van der Waals surface area contributed by atoms with Crippen molar-refractivity contribution in [3.63, 3.8) is 0 Å². The van der Waals surface area contributed by atoms with Gasteiger partial charge in [0.15, 0.2) is 0 Å². The molecule has 1 aliphatic heterocycles. The summed E-state index contributed by atoms with van der Waals surface area (Å²) in [5.41, 5.74) is 0.989. The predicted molar refractivity (Wildman–Crippen MR) is 79.6 cm³/mol.